The molecule has 0 aliphatic heterocycles. The molecule has 0 aromatic carbocycles. The highest BCUT2D eigenvalue weighted by molar-refractivity contribution is 14.1. The van der Waals surface area contributed by atoms with Crippen LogP contribution in [0.5, 0.6) is 5.19 Å². The van der Waals surface area contributed by atoms with Crippen LogP contribution in [-0.4, -0.2) is 9.97 Å². The molecule has 0 fully saturated rings. The van der Waals surface area contributed by atoms with Crippen molar-refractivity contribution in [3.8, 4) is 5.19 Å². The van der Waals surface area contributed by atoms with Crippen LogP contribution in [0.1, 0.15) is 0 Å². The van der Waals surface area contributed by atoms with E-state index in [1.54, 1.807) is 6.20 Å². The number of aromatic nitrogens is 2. The third-order valence-electron chi connectivity index (χ3n) is 1.27. The first-order valence-corrected chi connectivity index (χ1v) is 5.29. The molecule has 0 saturated carbocycles. The second-order valence-electron chi connectivity index (χ2n) is 2.05. The molecule has 0 aliphatic carbocycles. The Balaban J connectivity index is 2.67. The second kappa shape index (κ2) is 3.35. The van der Waals surface area contributed by atoms with Gasteiger partial charge in [0.25, 0.3) is 5.19 Å². The third-order valence-corrected chi connectivity index (χ3v) is 3.02. The SMILES string of the molecule is SOc1nc2cc(I)cnc2s1. The minimum Gasteiger partial charge on any atom is -0.399 e. The predicted molar refractivity (Wildman–Crippen MR) is 59.7 cm³/mol. The maximum absolute atomic E-state index is 4.70. The van der Waals surface area contributed by atoms with Crippen LogP contribution < -0.4 is 4.18 Å². The molecule has 62 valence electrons. The standard InChI is InChI=1S/C6H3IN2OS2/c7-3-1-4-5(8-2-3)12-6(9-4)10-11/h1-2,11H. The lowest BCUT2D eigenvalue weighted by atomic mass is 10.5. The summed E-state index contributed by atoms with van der Waals surface area (Å²) in [5.74, 6) is 0. The summed E-state index contributed by atoms with van der Waals surface area (Å²) in [6.07, 6.45) is 1.80. The van der Waals surface area contributed by atoms with Gasteiger partial charge in [-0.1, -0.05) is 11.3 Å². The molecular weight excluding hydrogens is 307 g/mol. The van der Waals surface area contributed by atoms with Gasteiger partial charge in [0.05, 0.1) is 0 Å². The fourth-order valence-electron chi connectivity index (χ4n) is 0.818. The molecule has 3 nitrogen and oxygen atoms in total. The molecule has 0 unspecified atom stereocenters. The van der Waals surface area contributed by atoms with Gasteiger partial charge in [0.1, 0.15) is 10.3 Å². The van der Waals surface area contributed by atoms with Gasteiger partial charge in [-0.05, 0) is 28.7 Å². The first-order chi connectivity index (χ1) is 5.79. The maximum Gasteiger partial charge on any atom is 0.288 e. The van der Waals surface area contributed by atoms with Crippen molar-refractivity contribution in [2.75, 3.05) is 0 Å². The average molecular weight is 310 g/mol. The van der Waals surface area contributed by atoms with E-state index in [4.69, 9.17) is 4.18 Å². The van der Waals surface area contributed by atoms with Crippen LogP contribution >= 0.6 is 46.8 Å². The molecule has 2 aromatic rings. The van der Waals surface area contributed by atoms with Crippen LogP contribution in [0.4, 0.5) is 0 Å². The summed E-state index contributed by atoms with van der Waals surface area (Å²) >= 11 is 7.24. The van der Waals surface area contributed by atoms with Gasteiger partial charge in [0, 0.05) is 22.7 Å². The summed E-state index contributed by atoms with van der Waals surface area (Å²) in [4.78, 5) is 9.20. The van der Waals surface area contributed by atoms with E-state index in [-0.39, 0.29) is 0 Å². The van der Waals surface area contributed by atoms with E-state index in [2.05, 4.69) is 45.5 Å². The van der Waals surface area contributed by atoms with E-state index in [1.165, 1.54) is 11.3 Å². The topological polar surface area (TPSA) is 35.0 Å². The smallest absolute Gasteiger partial charge is 0.288 e. The lowest BCUT2D eigenvalue weighted by molar-refractivity contribution is 0.653. The van der Waals surface area contributed by atoms with Crippen molar-refractivity contribution in [2.24, 2.45) is 0 Å². The van der Waals surface area contributed by atoms with E-state index in [0.29, 0.717) is 5.19 Å². The van der Waals surface area contributed by atoms with Gasteiger partial charge in [-0.2, -0.15) is 0 Å². The molecule has 0 radical (unpaired) electrons. The highest BCUT2D eigenvalue weighted by Gasteiger charge is 2.04. The normalized spacial score (nSPS) is 10.5. The van der Waals surface area contributed by atoms with Gasteiger partial charge < -0.3 is 4.18 Å². The van der Waals surface area contributed by atoms with Crippen molar-refractivity contribution >= 4 is 57.2 Å². The number of fused-ring (bicyclic) bond motifs is 1. The first-order valence-electron chi connectivity index (χ1n) is 3.03. The number of nitrogens with zero attached hydrogens (tertiary/aromatic N) is 2. The predicted octanol–water partition coefficient (Wildman–Crippen LogP) is 2.52. The van der Waals surface area contributed by atoms with E-state index in [0.717, 1.165) is 13.9 Å². The maximum atomic E-state index is 4.70. The molecule has 2 heterocycles. The number of thiazole rings is 1. The molecule has 2 aromatic heterocycles. The number of thiol groups is 1. The van der Waals surface area contributed by atoms with Crippen molar-refractivity contribution in [1.82, 2.24) is 9.97 Å². The van der Waals surface area contributed by atoms with E-state index in [9.17, 15) is 0 Å². The Hall–Kier alpha value is -0.0800. The molecule has 0 atom stereocenters. The second-order valence-corrected chi connectivity index (χ2v) is 4.42. The molecular formula is C6H3IN2OS2. The fraction of sp³-hybridized carbons (Fsp3) is 0. The van der Waals surface area contributed by atoms with E-state index in [1.807, 2.05) is 6.07 Å². The van der Waals surface area contributed by atoms with Gasteiger partial charge in [-0.25, -0.2) is 9.97 Å². The summed E-state index contributed by atoms with van der Waals surface area (Å²) in [7, 11) is 0. The number of rotatable bonds is 1. The quantitative estimate of drug-likeness (QED) is 0.499. The molecule has 0 saturated heterocycles. The Morgan fingerprint density at radius 2 is 2.42 bits per heavy atom. The van der Waals surface area contributed by atoms with Crippen LogP contribution in [0.3, 0.4) is 0 Å². The molecule has 6 heteroatoms. The third kappa shape index (κ3) is 1.50. The number of hydrogen-bond donors (Lipinski definition) is 1. The van der Waals surface area contributed by atoms with Gasteiger partial charge in [-0.3, -0.25) is 0 Å². The number of halogens is 1. The molecule has 2 rings (SSSR count). The minimum atomic E-state index is 0.530. The first kappa shape index (κ1) is 8.52. The monoisotopic (exact) mass is 310 g/mol. The van der Waals surface area contributed by atoms with Crippen molar-refractivity contribution in [3.63, 3.8) is 0 Å². The van der Waals surface area contributed by atoms with Gasteiger partial charge in [-0.15, -0.1) is 0 Å². The molecule has 0 amide bonds. The van der Waals surface area contributed by atoms with Crippen molar-refractivity contribution < 1.29 is 4.18 Å². The zero-order valence-corrected chi connectivity index (χ0v) is 9.56. The van der Waals surface area contributed by atoms with E-state index < -0.39 is 0 Å². The summed E-state index contributed by atoms with van der Waals surface area (Å²) in [6, 6.07) is 1.95. The molecule has 0 N–H and O–H groups in total. The Morgan fingerprint density at radius 3 is 3.17 bits per heavy atom. The van der Waals surface area contributed by atoms with Gasteiger partial charge in [0.15, 0.2) is 0 Å². The zero-order valence-electron chi connectivity index (χ0n) is 5.69. The fourth-order valence-corrected chi connectivity index (χ4v) is 2.07. The summed E-state index contributed by atoms with van der Waals surface area (Å²) in [5, 5.41) is 0.530. The van der Waals surface area contributed by atoms with Crippen LogP contribution in [0, 0.1) is 3.57 Å². The zero-order chi connectivity index (χ0) is 8.55. The minimum absolute atomic E-state index is 0.530. The van der Waals surface area contributed by atoms with Gasteiger partial charge in [0.2, 0.25) is 0 Å². The molecule has 12 heavy (non-hydrogen) atoms. The lowest BCUT2D eigenvalue weighted by Crippen LogP contribution is -1.75. The lowest BCUT2D eigenvalue weighted by Gasteiger charge is -1.86. The average Bonchev–Trinajstić information content (AvgIpc) is 2.46. The summed E-state index contributed by atoms with van der Waals surface area (Å²) in [6.45, 7) is 0. The summed E-state index contributed by atoms with van der Waals surface area (Å²) in [5.41, 5.74) is 0.857. The largest absolute Gasteiger partial charge is 0.399 e. The Bertz CT molecular complexity index is 417. The highest BCUT2D eigenvalue weighted by atomic mass is 127. The highest BCUT2D eigenvalue weighted by Crippen LogP contribution is 2.27. The molecule has 0 aliphatic rings. The van der Waals surface area contributed by atoms with E-state index >= 15 is 0 Å². The van der Waals surface area contributed by atoms with Gasteiger partial charge >= 0.3 is 0 Å². The number of hydrogen-bond acceptors (Lipinski definition) is 5. The number of pyridine rings is 1. The van der Waals surface area contributed by atoms with Crippen LogP contribution in [0.15, 0.2) is 12.3 Å². The van der Waals surface area contributed by atoms with Crippen LogP contribution in [0.2, 0.25) is 0 Å². The van der Waals surface area contributed by atoms with Crippen molar-refractivity contribution in [1.29, 1.82) is 0 Å². The molecule has 0 spiro atoms. The van der Waals surface area contributed by atoms with Crippen molar-refractivity contribution in [2.45, 2.75) is 0 Å². The Labute approximate surface area is 91.9 Å². The Morgan fingerprint density at radius 1 is 1.58 bits per heavy atom. The van der Waals surface area contributed by atoms with Crippen LogP contribution in [0.25, 0.3) is 10.3 Å². The summed E-state index contributed by atoms with van der Waals surface area (Å²) < 4.78 is 5.76. The molecule has 0 bridgehead atoms. The Kier molecular flexibility index (Phi) is 2.37. The van der Waals surface area contributed by atoms with Crippen LogP contribution in [-0.2, 0) is 0 Å². The van der Waals surface area contributed by atoms with Crippen molar-refractivity contribution in [3.05, 3.63) is 15.8 Å².